The molecule has 1 aliphatic heterocycles. The molecule has 0 saturated carbocycles. The topological polar surface area (TPSA) is 57.6 Å². The molecule has 18 heavy (non-hydrogen) atoms. The van der Waals surface area contributed by atoms with Gasteiger partial charge in [-0.1, -0.05) is 0 Å². The van der Waals surface area contributed by atoms with Gasteiger partial charge in [-0.05, 0) is 31.0 Å². The third kappa shape index (κ3) is 2.18. The van der Waals surface area contributed by atoms with Crippen molar-refractivity contribution in [2.24, 2.45) is 0 Å². The maximum atomic E-state index is 13.4. The van der Waals surface area contributed by atoms with Crippen LogP contribution in [0.15, 0.2) is 18.2 Å². The Morgan fingerprint density at radius 1 is 1.33 bits per heavy atom. The van der Waals surface area contributed by atoms with Crippen molar-refractivity contribution in [3.8, 4) is 0 Å². The molecule has 6 heteroatoms. The van der Waals surface area contributed by atoms with Crippen LogP contribution in [0.1, 0.15) is 23.2 Å². The van der Waals surface area contributed by atoms with Gasteiger partial charge in [0, 0.05) is 6.54 Å². The molecule has 1 aromatic rings. The molecular weight excluding hydrogens is 244 g/mol. The molecule has 0 spiro atoms. The second-order valence-corrected chi connectivity index (χ2v) is 4.12. The predicted molar refractivity (Wildman–Crippen MR) is 58.1 cm³/mol. The van der Waals surface area contributed by atoms with Crippen LogP contribution in [0, 0.1) is 11.6 Å². The monoisotopic (exact) mass is 255 g/mol. The molecule has 1 amide bonds. The lowest BCUT2D eigenvalue weighted by molar-refractivity contribution is -0.141. The van der Waals surface area contributed by atoms with Crippen LogP contribution in [0.3, 0.4) is 0 Å². The average molecular weight is 255 g/mol. The quantitative estimate of drug-likeness (QED) is 0.874. The number of carboxylic acid groups (broad SMARTS) is 1. The Morgan fingerprint density at radius 2 is 2.06 bits per heavy atom. The molecule has 0 aromatic heterocycles. The number of benzene rings is 1. The van der Waals surface area contributed by atoms with Crippen LogP contribution in [-0.4, -0.2) is 34.5 Å². The second-order valence-electron chi connectivity index (χ2n) is 4.12. The van der Waals surface area contributed by atoms with Crippen molar-refractivity contribution in [3.05, 3.63) is 35.4 Å². The van der Waals surface area contributed by atoms with E-state index < -0.39 is 35.1 Å². The highest BCUT2D eigenvalue weighted by Crippen LogP contribution is 2.22. The fraction of sp³-hybridized carbons (Fsp3) is 0.333. The average Bonchev–Trinajstić information content (AvgIpc) is 2.80. The third-order valence-electron chi connectivity index (χ3n) is 2.96. The number of aliphatic carboxylic acids is 1. The van der Waals surface area contributed by atoms with Crippen molar-refractivity contribution in [1.82, 2.24) is 4.90 Å². The Labute approximate surface area is 102 Å². The molecule has 0 bridgehead atoms. The van der Waals surface area contributed by atoms with Crippen molar-refractivity contribution in [1.29, 1.82) is 0 Å². The third-order valence-corrected chi connectivity index (χ3v) is 2.96. The Bertz CT molecular complexity index is 504. The summed E-state index contributed by atoms with van der Waals surface area (Å²) in [6.07, 6.45) is 0.873. The summed E-state index contributed by atoms with van der Waals surface area (Å²) in [4.78, 5) is 24.0. The van der Waals surface area contributed by atoms with E-state index in [-0.39, 0.29) is 6.54 Å². The van der Waals surface area contributed by atoms with E-state index in [2.05, 4.69) is 0 Å². The van der Waals surface area contributed by atoms with Gasteiger partial charge in [-0.25, -0.2) is 13.6 Å². The molecule has 1 fully saturated rings. The fourth-order valence-corrected chi connectivity index (χ4v) is 2.08. The van der Waals surface area contributed by atoms with E-state index in [0.29, 0.717) is 12.8 Å². The van der Waals surface area contributed by atoms with Gasteiger partial charge in [-0.2, -0.15) is 0 Å². The number of carboxylic acids is 1. The van der Waals surface area contributed by atoms with Gasteiger partial charge in [0.05, 0.1) is 5.56 Å². The Morgan fingerprint density at radius 3 is 2.72 bits per heavy atom. The number of likely N-dealkylation sites (tertiary alicyclic amines) is 1. The highest BCUT2D eigenvalue weighted by Gasteiger charge is 2.35. The number of nitrogens with zero attached hydrogens (tertiary/aromatic N) is 1. The molecule has 1 saturated heterocycles. The summed E-state index contributed by atoms with van der Waals surface area (Å²) in [5, 5.41) is 8.94. The minimum atomic E-state index is -1.13. The van der Waals surface area contributed by atoms with E-state index in [1.165, 1.54) is 0 Å². The smallest absolute Gasteiger partial charge is 0.326 e. The molecular formula is C12H11F2NO3. The van der Waals surface area contributed by atoms with Crippen LogP contribution in [0.5, 0.6) is 0 Å². The number of halogens is 2. The lowest BCUT2D eigenvalue weighted by atomic mass is 10.1. The number of hydrogen-bond acceptors (Lipinski definition) is 2. The first kappa shape index (κ1) is 12.5. The number of amides is 1. The predicted octanol–water partition coefficient (Wildman–Crippen LogP) is 1.65. The van der Waals surface area contributed by atoms with Crippen molar-refractivity contribution in [2.45, 2.75) is 18.9 Å². The zero-order valence-electron chi connectivity index (χ0n) is 9.40. The van der Waals surface area contributed by atoms with Crippen molar-refractivity contribution in [2.75, 3.05) is 6.54 Å². The zero-order chi connectivity index (χ0) is 13.3. The summed E-state index contributed by atoms with van der Waals surface area (Å²) in [6, 6.07) is 1.59. The number of carbonyl (C=O) groups is 2. The largest absolute Gasteiger partial charge is 0.480 e. The van der Waals surface area contributed by atoms with Gasteiger partial charge < -0.3 is 10.0 Å². The van der Waals surface area contributed by atoms with E-state index in [4.69, 9.17) is 5.11 Å². The minimum Gasteiger partial charge on any atom is -0.480 e. The molecule has 96 valence electrons. The van der Waals surface area contributed by atoms with E-state index in [0.717, 1.165) is 23.1 Å². The molecule has 0 unspecified atom stereocenters. The number of rotatable bonds is 2. The van der Waals surface area contributed by atoms with Gasteiger partial charge in [-0.15, -0.1) is 0 Å². The molecule has 0 aliphatic carbocycles. The number of hydrogen-bond donors (Lipinski definition) is 1. The summed E-state index contributed by atoms with van der Waals surface area (Å²) < 4.78 is 26.4. The summed E-state index contributed by atoms with van der Waals surface area (Å²) in [7, 11) is 0. The van der Waals surface area contributed by atoms with Gasteiger partial charge >= 0.3 is 5.97 Å². The summed E-state index contributed by atoms with van der Waals surface area (Å²) >= 11 is 0. The molecule has 1 aromatic carbocycles. The Balaban J connectivity index is 2.31. The normalized spacial score (nSPS) is 19.0. The fourth-order valence-electron chi connectivity index (χ4n) is 2.08. The van der Waals surface area contributed by atoms with Gasteiger partial charge in [0.15, 0.2) is 0 Å². The van der Waals surface area contributed by atoms with Gasteiger partial charge in [0.1, 0.15) is 17.7 Å². The lowest BCUT2D eigenvalue weighted by Crippen LogP contribution is -2.40. The first-order valence-electron chi connectivity index (χ1n) is 5.49. The van der Waals surface area contributed by atoms with Crippen LogP contribution in [0.4, 0.5) is 8.78 Å². The maximum Gasteiger partial charge on any atom is 0.326 e. The molecule has 0 radical (unpaired) electrons. The SMILES string of the molecule is O=C(O)[C@H]1CCCN1C(=O)c1cc(F)ccc1F. The van der Waals surface area contributed by atoms with Crippen LogP contribution in [0.2, 0.25) is 0 Å². The molecule has 2 rings (SSSR count). The molecule has 1 heterocycles. The van der Waals surface area contributed by atoms with Gasteiger partial charge in [-0.3, -0.25) is 4.79 Å². The van der Waals surface area contributed by atoms with E-state index >= 15 is 0 Å². The summed E-state index contributed by atoms with van der Waals surface area (Å²) in [5.41, 5.74) is -0.428. The van der Waals surface area contributed by atoms with Gasteiger partial charge in [0.25, 0.3) is 5.91 Å². The minimum absolute atomic E-state index is 0.242. The van der Waals surface area contributed by atoms with Crippen LogP contribution < -0.4 is 0 Å². The maximum absolute atomic E-state index is 13.4. The van der Waals surface area contributed by atoms with E-state index in [1.807, 2.05) is 0 Å². The molecule has 4 nitrogen and oxygen atoms in total. The standard InChI is InChI=1S/C12H11F2NO3/c13-7-3-4-9(14)8(6-7)11(16)15-5-1-2-10(15)12(17)18/h3-4,6,10H,1-2,5H2,(H,17,18)/t10-/m1/s1. The molecule has 1 N–H and O–H groups in total. The molecule has 1 aliphatic rings. The summed E-state index contributed by atoms with van der Waals surface area (Å²) in [6.45, 7) is 0.242. The van der Waals surface area contributed by atoms with Crippen molar-refractivity contribution in [3.63, 3.8) is 0 Å². The Hall–Kier alpha value is -1.98. The van der Waals surface area contributed by atoms with Crippen LogP contribution in [-0.2, 0) is 4.79 Å². The number of carbonyl (C=O) groups excluding carboxylic acids is 1. The second kappa shape index (κ2) is 4.72. The van der Waals surface area contributed by atoms with Crippen molar-refractivity contribution < 1.29 is 23.5 Å². The van der Waals surface area contributed by atoms with E-state index in [9.17, 15) is 18.4 Å². The highest BCUT2D eigenvalue weighted by molar-refractivity contribution is 5.97. The van der Waals surface area contributed by atoms with Gasteiger partial charge in [0.2, 0.25) is 0 Å². The van der Waals surface area contributed by atoms with Crippen LogP contribution in [0.25, 0.3) is 0 Å². The summed E-state index contributed by atoms with van der Waals surface area (Å²) in [5.74, 6) is -3.49. The zero-order valence-corrected chi connectivity index (χ0v) is 9.40. The first-order chi connectivity index (χ1) is 8.50. The lowest BCUT2D eigenvalue weighted by Gasteiger charge is -2.21. The highest BCUT2D eigenvalue weighted by atomic mass is 19.1. The first-order valence-corrected chi connectivity index (χ1v) is 5.49. The van der Waals surface area contributed by atoms with Crippen LogP contribution >= 0.6 is 0 Å². The Kier molecular flexibility index (Phi) is 3.27. The molecule has 1 atom stereocenters. The van der Waals surface area contributed by atoms with E-state index in [1.54, 1.807) is 0 Å². The van der Waals surface area contributed by atoms with Crippen molar-refractivity contribution >= 4 is 11.9 Å².